The van der Waals surface area contributed by atoms with Crippen molar-refractivity contribution >= 4 is 95.7 Å². The van der Waals surface area contributed by atoms with Crippen molar-refractivity contribution in [1.29, 1.82) is 0 Å². The molecule has 11 rings (SSSR count). The van der Waals surface area contributed by atoms with Gasteiger partial charge in [0.2, 0.25) is 0 Å². The molecule has 4 heterocycles. The van der Waals surface area contributed by atoms with E-state index in [9.17, 15) is 0 Å². The molecule has 0 fully saturated rings. The van der Waals surface area contributed by atoms with E-state index in [2.05, 4.69) is 156 Å². The molecule has 0 spiro atoms. The Morgan fingerprint density at radius 2 is 1.02 bits per heavy atom. The van der Waals surface area contributed by atoms with Gasteiger partial charge in [0.05, 0.1) is 21.1 Å². The minimum Gasteiger partial charge on any atom is -0.292 e. The molecule has 0 saturated heterocycles. The van der Waals surface area contributed by atoms with Crippen LogP contribution in [0.25, 0.3) is 101 Å². The van der Waals surface area contributed by atoms with Crippen LogP contribution in [0.3, 0.4) is 0 Å². The molecule has 0 saturated carbocycles. The highest BCUT2D eigenvalue weighted by Crippen LogP contribution is 2.49. The second-order valence-corrected chi connectivity index (χ2v) is 14.6. The highest BCUT2D eigenvalue weighted by molar-refractivity contribution is 7.27. The third-order valence-electron chi connectivity index (χ3n) is 9.81. The zero-order valence-corrected chi connectivity index (χ0v) is 27.7. The molecule has 0 bridgehead atoms. The van der Waals surface area contributed by atoms with Crippen LogP contribution in [0.4, 0.5) is 0 Å². The summed E-state index contributed by atoms with van der Waals surface area (Å²) < 4.78 is 6.23. The third kappa shape index (κ3) is 3.88. The zero-order chi connectivity index (χ0) is 32.1. The lowest BCUT2D eigenvalue weighted by atomic mass is 9.99. The van der Waals surface area contributed by atoms with Crippen LogP contribution < -0.4 is 0 Å². The molecule has 0 radical (unpaired) electrons. The minimum atomic E-state index is 0.728. The highest BCUT2D eigenvalue weighted by Gasteiger charge is 2.25. The number of fused-ring (bicyclic) bond motifs is 13. The van der Waals surface area contributed by atoms with Gasteiger partial charge in [0.25, 0.3) is 0 Å². The first-order chi connectivity index (χ1) is 24.3. The molecule has 3 nitrogen and oxygen atoms in total. The van der Waals surface area contributed by atoms with Crippen molar-refractivity contribution in [1.82, 2.24) is 14.5 Å². The number of hydrogen-bond acceptors (Lipinski definition) is 4. The second-order valence-electron chi connectivity index (χ2n) is 12.5. The maximum atomic E-state index is 5.57. The van der Waals surface area contributed by atoms with E-state index in [1.54, 1.807) is 11.3 Å². The second kappa shape index (κ2) is 10.3. The summed E-state index contributed by atoms with van der Waals surface area (Å²) in [7, 11) is 0. The third-order valence-corrected chi connectivity index (χ3v) is 12.1. The number of benzene rings is 7. The van der Waals surface area contributed by atoms with Crippen LogP contribution >= 0.6 is 22.7 Å². The first kappa shape index (κ1) is 27.1. The fourth-order valence-corrected chi connectivity index (χ4v) is 10.0. The Morgan fingerprint density at radius 1 is 0.429 bits per heavy atom. The average molecular weight is 660 g/mol. The van der Waals surface area contributed by atoms with Crippen LogP contribution in [0.1, 0.15) is 0 Å². The van der Waals surface area contributed by atoms with Crippen LogP contribution in [-0.4, -0.2) is 14.5 Å². The molecule has 0 aliphatic heterocycles. The summed E-state index contributed by atoms with van der Waals surface area (Å²) in [6, 6.07) is 54.4. The maximum Gasteiger partial charge on any atom is 0.163 e. The highest BCUT2D eigenvalue weighted by atomic mass is 32.1. The molecule has 0 aliphatic rings. The zero-order valence-electron chi connectivity index (χ0n) is 26.1. The molecule has 4 aromatic heterocycles. The van der Waals surface area contributed by atoms with E-state index < -0.39 is 0 Å². The molecule has 0 aliphatic carbocycles. The number of rotatable bonds is 3. The van der Waals surface area contributed by atoms with Crippen molar-refractivity contribution in [3.8, 4) is 28.3 Å². The predicted octanol–water partition coefficient (Wildman–Crippen LogP) is 12.8. The molecule has 228 valence electrons. The Hall–Kier alpha value is -5.88. The number of para-hydroxylation sites is 1. The van der Waals surface area contributed by atoms with Gasteiger partial charge in [-0.25, -0.2) is 9.97 Å². The summed E-state index contributed by atoms with van der Waals surface area (Å²) in [6.45, 7) is 0. The van der Waals surface area contributed by atoms with Crippen molar-refractivity contribution < 1.29 is 0 Å². The lowest BCUT2D eigenvalue weighted by Gasteiger charge is -2.13. The number of thiophene rings is 2. The molecular weight excluding hydrogens is 635 g/mol. The van der Waals surface area contributed by atoms with Gasteiger partial charge in [-0.15, -0.1) is 22.7 Å². The molecule has 49 heavy (non-hydrogen) atoms. The quantitative estimate of drug-likeness (QED) is 0.189. The van der Waals surface area contributed by atoms with Gasteiger partial charge in [-0.3, -0.25) is 4.57 Å². The molecule has 5 heteroatoms. The summed E-state index contributed by atoms with van der Waals surface area (Å²) in [5.41, 5.74) is 5.67. The number of nitrogens with zero attached hydrogens (tertiary/aromatic N) is 3. The Morgan fingerprint density at radius 3 is 1.82 bits per heavy atom. The first-order valence-electron chi connectivity index (χ1n) is 16.4. The fourth-order valence-electron chi connectivity index (χ4n) is 7.71. The molecule has 0 N–H and O–H groups in total. The van der Waals surface area contributed by atoms with Gasteiger partial charge in [0, 0.05) is 41.9 Å². The van der Waals surface area contributed by atoms with Gasteiger partial charge < -0.3 is 0 Å². The lowest BCUT2D eigenvalue weighted by Crippen LogP contribution is -2.02. The minimum absolute atomic E-state index is 0.728. The van der Waals surface area contributed by atoms with E-state index in [1.807, 2.05) is 11.3 Å². The van der Waals surface area contributed by atoms with Gasteiger partial charge in [0.15, 0.2) is 11.6 Å². The van der Waals surface area contributed by atoms with E-state index in [0.29, 0.717) is 0 Å². The Bertz CT molecular complexity index is 3110. The summed E-state index contributed by atoms with van der Waals surface area (Å²) >= 11 is 3.62. The van der Waals surface area contributed by atoms with E-state index in [0.717, 1.165) is 38.5 Å². The van der Waals surface area contributed by atoms with Gasteiger partial charge in [-0.05, 0) is 46.2 Å². The largest absolute Gasteiger partial charge is 0.292 e. The standard InChI is InChI=1S/C44H25N3S2/c1-2-13-26(14-3-1)27-15-12-16-28(25-27)42-45-43(39-33-21-8-11-24-36(33)49-44(39)46-42)47-34-22-9-6-19-31(34)37-29-17-4-5-18-30(29)38-32-20-7-10-23-35(32)48-41(38)40(37)47/h1-25H. The summed E-state index contributed by atoms with van der Waals surface area (Å²) in [5.74, 6) is 1.65. The van der Waals surface area contributed by atoms with E-state index in [-0.39, 0.29) is 0 Å². The molecular formula is C44H25N3S2. The molecule has 0 atom stereocenters. The van der Waals surface area contributed by atoms with Crippen molar-refractivity contribution in [3.63, 3.8) is 0 Å². The average Bonchev–Trinajstić information content (AvgIpc) is 3.85. The fraction of sp³-hybridized carbons (Fsp3) is 0. The Kier molecular flexibility index (Phi) is 5.70. The predicted molar refractivity (Wildman–Crippen MR) is 211 cm³/mol. The van der Waals surface area contributed by atoms with Crippen LogP contribution in [0, 0.1) is 0 Å². The number of aromatic nitrogens is 3. The van der Waals surface area contributed by atoms with Crippen LogP contribution in [0.5, 0.6) is 0 Å². The Balaban J connectivity index is 1.34. The maximum absolute atomic E-state index is 5.57. The first-order valence-corrected chi connectivity index (χ1v) is 18.1. The van der Waals surface area contributed by atoms with Crippen molar-refractivity contribution in [3.05, 3.63) is 152 Å². The normalized spacial score (nSPS) is 12.1. The van der Waals surface area contributed by atoms with Crippen molar-refractivity contribution in [2.45, 2.75) is 0 Å². The Labute approximate surface area is 289 Å². The molecule has 0 unspecified atom stereocenters. The van der Waals surface area contributed by atoms with Gasteiger partial charge in [-0.2, -0.15) is 0 Å². The molecule has 11 aromatic rings. The van der Waals surface area contributed by atoms with Crippen molar-refractivity contribution in [2.75, 3.05) is 0 Å². The van der Waals surface area contributed by atoms with Gasteiger partial charge in [-0.1, -0.05) is 127 Å². The SMILES string of the molecule is c1ccc(-c2cccc(-c3nc(-n4c5ccccc5c5c6ccccc6c6c7ccccc7sc6c54)c4c(n3)sc3ccccc34)c2)cc1. The topological polar surface area (TPSA) is 30.7 Å². The molecule has 7 aromatic carbocycles. The van der Waals surface area contributed by atoms with E-state index in [4.69, 9.17) is 9.97 Å². The number of hydrogen-bond donors (Lipinski definition) is 0. The van der Waals surface area contributed by atoms with Crippen LogP contribution in [0.2, 0.25) is 0 Å². The van der Waals surface area contributed by atoms with Gasteiger partial charge in [0.1, 0.15) is 4.83 Å². The summed E-state index contributed by atoms with van der Waals surface area (Å²) in [4.78, 5) is 11.9. The smallest absolute Gasteiger partial charge is 0.163 e. The lowest BCUT2D eigenvalue weighted by molar-refractivity contribution is 1.08. The van der Waals surface area contributed by atoms with Crippen LogP contribution in [-0.2, 0) is 0 Å². The summed E-state index contributed by atoms with van der Waals surface area (Å²) in [6.07, 6.45) is 0. The summed E-state index contributed by atoms with van der Waals surface area (Å²) in [5, 5.41) is 9.93. The van der Waals surface area contributed by atoms with Crippen LogP contribution in [0.15, 0.2) is 152 Å². The molecule has 0 amide bonds. The van der Waals surface area contributed by atoms with E-state index >= 15 is 0 Å². The van der Waals surface area contributed by atoms with Gasteiger partial charge >= 0.3 is 0 Å². The van der Waals surface area contributed by atoms with Crippen molar-refractivity contribution in [2.24, 2.45) is 0 Å². The monoisotopic (exact) mass is 659 g/mol. The van der Waals surface area contributed by atoms with E-state index in [1.165, 1.54) is 62.9 Å².